The van der Waals surface area contributed by atoms with Gasteiger partial charge in [0.25, 0.3) is 0 Å². The first-order valence-corrected chi connectivity index (χ1v) is 6.36. The molecule has 0 radical (unpaired) electrons. The summed E-state index contributed by atoms with van der Waals surface area (Å²) in [7, 11) is 3.88. The number of rotatable bonds is 7. The van der Waals surface area contributed by atoms with E-state index in [1.165, 1.54) is 0 Å². The fraction of sp³-hybridized carbons (Fsp3) is 0.923. The SMILES string of the molecule is CNC(C)(CC(C)N(C)C(C)C(C)C)C(N)=O. The van der Waals surface area contributed by atoms with Crippen molar-refractivity contribution in [3.05, 3.63) is 0 Å². The average molecular weight is 243 g/mol. The first-order chi connectivity index (χ1) is 7.65. The van der Waals surface area contributed by atoms with Crippen LogP contribution in [0, 0.1) is 5.92 Å². The van der Waals surface area contributed by atoms with E-state index >= 15 is 0 Å². The highest BCUT2D eigenvalue weighted by Gasteiger charge is 2.33. The highest BCUT2D eigenvalue weighted by atomic mass is 16.1. The molecule has 0 spiro atoms. The van der Waals surface area contributed by atoms with Gasteiger partial charge in [-0.3, -0.25) is 4.79 Å². The lowest BCUT2D eigenvalue weighted by molar-refractivity contribution is -0.124. The zero-order valence-corrected chi connectivity index (χ0v) is 12.4. The molecule has 0 aliphatic carbocycles. The van der Waals surface area contributed by atoms with E-state index in [4.69, 9.17) is 5.73 Å². The van der Waals surface area contributed by atoms with Gasteiger partial charge in [-0.1, -0.05) is 13.8 Å². The Morgan fingerprint density at radius 1 is 1.35 bits per heavy atom. The molecule has 4 heteroatoms. The molecular weight excluding hydrogens is 214 g/mol. The number of hydrogen-bond acceptors (Lipinski definition) is 3. The zero-order chi connectivity index (χ0) is 13.8. The number of carbonyl (C=O) groups excluding carboxylic acids is 1. The van der Waals surface area contributed by atoms with Gasteiger partial charge in [0, 0.05) is 12.1 Å². The zero-order valence-electron chi connectivity index (χ0n) is 12.4. The first-order valence-electron chi connectivity index (χ1n) is 6.36. The van der Waals surface area contributed by atoms with Crippen LogP contribution in [0.4, 0.5) is 0 Å². The Kier molecular flexibility index (Phi) is 6.13. The highest BCUT2D eigenvalue weighted by molar-refractivity contribution is 5.84. The van der Waals surface area contributed by atoms with Gasteiger partial charge in [0.05, 0.1) is 5.54 Å². The third kappa shape index (κ3) is 4.28. The predicted octanol–water partition coefficient (Wildman–Crippen LogP) is 1.20. The minimum atomic E-state index is -0.635. The van der Waals surface area contributed by atoms with Gasteiger partial charge in [-0.15, -0.1) is 0 Å². The Morgan fingerprint density at radius 3 is 2.12 bits per heavy atom. The van der Waals surface area contributed by atoms with E-state index in [-0.39, 0.29) is 5.91 Å². The minimum Gasteiger partial charge on any atom is -0.368 e. The van der Waals surface area contributed by atoms with Crippen molar-refractivity contribution in [2.45, 2.75) is 58.7 Å². The van der Waals surface area contributed by atoms with E-state index in [2.05, 4.69) is 45.0 Å². The monoisotopic (exact) mass is 243 g/mol. The smallest absolute Gasteiger partial charge is 0.237 e. The lowest BCUT2D eigenvalue weighted by atomic mass is 9.91. The number of primary amides is 1. The van der Waals surface area contributed by atoms with Crippen LogP contribution < -0.4 is 11.1 Å². The normalized spacial score (nSPS) is 19.1. The van der Waals surface area contributed by atoms with Crippen molar-refractivity contribution in [3.63, 3.8) is 0 Å². The topological polar surface area (TPSA) is 58.4 Å². The molecule has 0 saturated heterocycles. The van der Waals surface area contributed by atoms with Crippen molar-refractivity contribution < 1.29 is 4.79 Å². The van der Waals surface area contributed by atoms with E-state index in [1.54, 1.807) is 7.05 Å². The molecule has 0 aromatic heterocycles. The number of carbonyl (C=O) groups is 1. The maximum atomic E-state index is 11.5. The van der Waals surface area contributed by atoms with Crippen molar-refractivity contribution in [3.8, 4) is 0 Å². The fourth-order valence-electron chi connectivity index (χ4n) is 1.93. The molecule has 3 atom stereocenters. The molecule has 1 amide bonds. The van der Waals surface area contributed by atoms with Crippen LogP contribution in [0.1, 0.15) is 41.0 Å². The summed E-state index contributed by atoms with van der Waals surface area (Å²) in [5.74, 6) is 0.300. The molecular formula is C13H29N3O. The maximum absolute atomic E-state index is 11.5. The average Bonchev–Trinajstić information content (AvgIpc) is 2.26. The lowest BCUT2D eigenvalue weighted by Gasteiger charge is -2.37. The van der Waals surface area contributed by atoms with E-state index in [0.717, 1.165) is 0 Å². The second kappa shape index (κ2) is 6.36. The standard InChI is InChI=1S/C13H29N3O/c1-9(2)11(4)16(7)10(3)8-13(5,15-6)12(14)17/h9-11,15H,8H2,1-7H3,(H2,14,17). The van der Waals surface area contributed by atoms with Crippen LogP contribution in [0.3, 0.4) is 0 Å². The Bertz CT molecular complexity index is 255. The Labute approximate surface area is 106 Å². The van der Waals surface area contributed by atoms with E-state index in [9.17, 15) is 4.79 Å². The summed E-state index contributed by atoms with van der Waals surface area (Å²) in [6.07, 6.45) is 0.715. The molecule has 0 aliphatic heterocycles. The van der Waals surface area contributed by atoms with Crippen LogP contribution in [-0.4, -0.2) is 42.5 Å². The van der Waals surface area contributed by atoms with Gasteiger partial charge in [0.2, 0.25) is 5.91 Å². The molecule has 3 N–H and O–H groups in total. The van der Waals surface area contributed by atoms with Crippen molar-refractivity contribution in [2.24, 2.45) is 11.7 Å². The molecule has 4 nitrogen and oxygen atoms in total. The quantitative estimate of drug-likeness (QED) is 0.706. The molecule has 3 unspecified atom stereocenters. The number of nitrogens with two attached hydrogens (primary N) is 1. The summed E-state index contributed by atoms with van der Waals surface area (Å²) in [5.41, 5.74) is 4.81. The van der Waals surface area contributed by atoms with Crippen LogP contribution >= 0.6 is 0 Å². The molecule has 0 aliphatic rings. The molecule has 0 fully saturated rings. The van der Waals surface area contributed by atoms with Crippen molar-refractivity contribution >= 4 is 5.91 Å². The van der Waals surface area contributed by atoms with Crippen LogP contribution in [0.5, 0.6) is 0 Å². The van der Waals surface area contributed by atoms with Crippen LogP contribution in [0.15, 0.2) is 0 Å². The van der Waals surface area contributed by atoms with Crippen molar-refractivity contribution in [1.82, 2.24) is 10.2 Å². The molecule has 0 heterocycles. The second-order valence-corrected chi connectivity index (χ2v) is 5.65. The first kappa shape index (κ1) is 16.4. The van der Waals surface area contributed by atoms with E-state index in [0.29, 0.717) is 24.4 Å². The van der Waals surface area contributed by atoms with Gasteiger partial charge in [-0.2, -0.15) is 0 Å². The van der Waals surface area contributed by atoms with Gasteiger partial charge < -0.3 is 16.0 Å². The number of amides is 1. The summed E-state index contributed by atoms with van der Waals surface area (Å²) in [6.45, 7) is 10.6. The van der Waals surface area contributed by atoms with E-state index < -0.39 is 5.54 Å². The Morgan fingerprint density at radius 2 is 1.82 bits per heavy atom. The van der Waals surface area contributed by atoms with Crippen molar-refractivity contribution in [1.29, 1.82) is 0 Å². The molecule has 0 rings (SSSR count). The summed E-state index contributed by atoms with van der Waals surface area (Å²) >= 11 is 0. The van der Waals surface area contributed by atoms with Gasteiger partial charge in [-0.05, 0) is 47.2 Å². The lowest BCUT2D eigenvalue weighted by Crippen LogP contribution is -2.55. The highest BCUT2D eigenvalue weighted by Crippen LogP contribution is 2.19. The van der Waals surface area contributed by atoms with Crippen LogP contribution in [0.2, 0.25) is 0 Å². The molecule has 0 aromatic rings. The third-order valence-electron chi connectivity index (χ3n) is 4.10. The Hall–Kier alpha value is -0.610. The van der Waals surface area contributed by atoms with Crippen LogP contribution in [0.25, 0.3) is 0 Å². The third-order valence-corrected chi connectivity index (χ3v) is 4.10. The number of hydrogen-bond donors (Lipinski definition) is 2. The number of nitrogens with one attached hydrogen (secondary N) is 1. The fourth-order valence-corrected chi connectivity index (χ4v) is 1.93. The number of likely N-dealkylation sites (N-methyl/N-ethyl adjacent to an activating group) is 1. The van der Waals surface area contributed by atoms with Crippen LogP contribution in [-0.2, 0) is 4.79 Å². The Balaban J connectivity index is 4.62. The second-order valence-electron chi connectivity index (χ2n) is 5.65. The van der Waals surface area contributed by atoms with Gasteiger partial charge >= 0.3 is 0 Å². The van der Waals surface area contributed by atoms with Gasteiger partial charge in [0.15, 0.2) is 0 Å². The molecule has 0 saturated carbocycles. The molecule has 0 aromatic carbocycles. The van der Waals surface area contributed by atoms with Gasteiger partial charge in [0.1, 0.15) is 0 Å². The summed E-state index contributed by atoms with van der Waals surface area (Å²) in [6, 6.07) is 0.788. The van der Waals surface area contributed by atoms with Gasteiger partial charge in [-0.25, -0.2) is 0 Å². The van der Waals surface area contributed by atoms with Crippen molar-refractivity contribution in [2.75, 3.05) is 14.1 Å². The summed E-state index contributed by atoms with van der Waals surface area (Å²) in [5, 5.41) is 3.03. The molecule has 102 valence electrons. The molecule has 0 bridgehead atoms. The number of nitrogens with zero attached hydrogens (tertiary/aromatic N) is 1. The summed E-state index contributed by atoms with van der Waals surface area (Å²) < 4.78 is 0. The summed E-state index contributed by atoms with van der Waals surface area (Å²) in [4.78, 5) is 13.8. The largest absolute Gasteiger partial charge is 0.368 e. The predicted molar refractivity (Wildman–Crippen MR) is 72.8 cm³/mol. The molecule has 17 heavy (non-hydrogen) atoms. The minimum absolute atomic E-state index is 0.294. The maximum Gasteiger partial charge on any atom is 0.237 e. The van der Waals surface area contributed by atoms with E-state index in [1.807, 2.05) is 6.92 Å².